The standard InChI is InChI=1S/C15H23Cl2N3/c1-10-4-3-5-11(2)20(10)19-15(9-18)13-8-12(16)6-7-14(13)17/h6-8,10-11,15,19H,3-5,9,18H2,1-2H3. The molecule has 5 heteroatoms. The van der Waals surface area contributed by atoms with Crippen molar-refractivity contribution >= 4 is 23.2 Å². The van der Waals surface area contributed by atoms with Gasteiger partial charge in [-0.2, -0.15) is 0 Å². The van der Waals surface area contributed by atoms with Gasteiger partial charge in [-0.25, -0.2) is 10.4 Å². The lowest BCUT2D eigenvalue weighted by Crippen LogP contribution is -2.54. The summed E-state index contributed by atoms with van der Waals surface area (Å²) in [6.45, 7) is 4.97. The smallest absolute Gasteiger partial charge is 0.0602 e. The summed E-state index contributed by atoms with van der Waals surface area (Å²) >= 11 is 12.4. The Hall–Kier alpha value is -0.320. The van der Waals surface area contributed by atoms with Crippen molar-refractivity contribution in [3.63, 3.8) is 0 Å². The van der Waals surface area contributed by atoms with E-state index in [2.05, 4.69) is 24.3 Å². The fourth-order valence-electron chi connectivity index (χ4n) is 2.89. The SMILES string of the molecule is CC1CCCC(C)N1NC(CN)c1cc(Cl)ccc1Cl. The van der Waals surface area contributed by atoms with Crippen molar-refractivity contribution in [2.75, 3.05) is 6.54 Å². The Balaban J connectivity index is 2.17. The Morgan fingerprint density at radius 1 is 1.30 bits per heavy atom. The van der Waals surface area contributed by atoms with E-state index in [9.17, 15) is 0 Å². The zero-order valence-corrected chi connectivity index (χ0v) is 13.6. The van der Waals surface area contributed by atoms with Gasteiger partial charge in [0.15, 0.2) is 0 Å². The Bertz CT molecular complexity index is 443. The number of nitrogens with one attached hydrogen (secondary N) is 1. The average Bonchev–Trinajstić information content (AvgIpc) is 2.42. The maximum absolute atomic E-state index is 6.29. The molecule has 2 rings (SSSR count). The topological polar surface area (TPSA) is 41.3 Å². The molecule has 0 aliphatic carbocycles. The fourth-order valence-corrected chi connectivity index (χ4v) is 3.32. The molecule has 3 nitrogen and oxygen atoms in total. The van der Waals surface area contributed by atoms with Gasteiger partial charge in [-0.15, -0.1) is 0 Å². The molecule has 0 amide bonds. The molecule has 0 bridgehead atoms. The molecule has 1 aliphatic rings. The summed E-state index contributed by atoms with van der Waals surface area (Å²) in [5.74, 6) is 0. The summed E-state index contributed by atoms with van der Waals surface area (Å²) in [7, 11) is 0. The molecule has 0 spiro atoms. The molecule has 1 heterocycles. The van der Waals surface area contributed by atoms with E-state index in [4.69, 9.17) is 28.9 Å². The largest absolute Gasteiger partial charge is 0.329 e. The first-order chi connectivity index (χ1) is 9.52. The van der Waals surface area contributed by atoms with Crippen LogP contribution in [0.4, 0.5) is 0 Å². The van der Waals surface area contributed by atoms with E-state index in [1.54, 1.807) is 6.07 Å². The molecule has 0 radical (unpaired) electrons. The van der Waals surface area contributed by atoms with Gasteiger partial charge < -0.3 is 5.73 Å². The molecule has 0 saturated carbocycles. The number of rotatable bonds is 4. The molecule has 1 aromatic rings. The van der Waals surface area contributed by atoms with E-state index >= 15 is 0 Å². The highest BCUT2D eigenvalue weighted by atomic mass is 35.5. The quantitative estimate of drug-likeness (QED) is 0.888. The van der Waals surface area contributed by atoms with Gasteiger partial charge in [0.05, 0.1) is 6.04 Å². The molecule has 3 unspecified atom stereocenters. The van der Waals surface area contributed by atoms with Crippen LogP contribution >= 0.6 is 23.2 Å². The Morgan fingerprint density at radius 2 is 1.95 bits per heavy atom. The third kappa shape index (κ3) is 3.66. The number of benzene rings is 1. The van der Waals surface area contributed by atoms with Crippen molar-refractivity contribution in [2.24, 2.45) is 5.73 Å². The molecule has 1 fully saturated rings. The van der Waals surface area contributed by atoms with E-state index in [0.717, 1.165) is 5.56 Å². The molecular weight excluding hydrogens is 293 g/mol. The highest BCUT2D eigenvalue weighted by Crippen LogP contribution is 2.28. The molecule has 1 saturated heterocycles. The number of hydrogen-bond donors (Lipinski definition) is 2. The number of piperidine rings is 1. The second kappa shape index (κ2) is 7.10. The van der Waals surface area contributed by atoms with Gasteiger partial charge >= 0.3 is 0 Å². The van der Waals surface area contributed by atoms with Crippen LogP contribution in [-0.2, 0) is 0 Å². The maximum Gasteiger partial charge on any atom is 0.0602 e. The fraction of sp³-hybridized carbons (Fsp3) is 0.600. The molecule has 3 atom stereocenters. The van der Waals surface area contributed by atoms with Crippen molar-refractivity contribution in [1.82, 2.24) is 10.4 Å². The lowest BCUT2D eigenvalue weighted by atomic mass is 9.99. The first-order valence-electron chi connectivity index (χ1n) is 7.22. The summed E-state index contributed by atoms with van der Waals surface area (Å²) in [5, 5.41) is 3.71. The predicted octanol–water partition coefficient (Wildman–Crippen LogP) is 3.76. The van der Waals surface area contributed by atoms with Crippen LogP contribution in [0.1, 0.15) is 44.7 Å². The first-order valence-corrected chi connectivity index (χ1v) is 7.98. The highest BCUT2D eigenvalue weighted by Gasteiger charge is 2.27. The minimum Gasteiger partial charge on any atom is -0.329 e. The van der Waals surface area contributed by atoms with Gasteiger partial charge in [-0.3, -0.25) is 0 Å². The molecular formula is C15H23Cl2N3. The number of nitrogens with zero attached hydrogens (tertiary/aromatic N) is 1. The van der Waals surface area contributed by atoms with Crippen LogP contribution in [0.15, 0.2) is 18.2 Å². The summed E-state index contributed by atoms with van der Waals surface area (Å²) in [6, 6.07) is 6.52. The molecule has 3 N–H and O–H groups in total. The zero-order valence-electron chi connectivity index (χ0n) is 12.1. The van der Waals surface area contributed by atoms with Gasteiger partial charge in [0.25, 0.3) is 0 Å². The lowest BCUT2D eigenvalue weighted by Gasteiger charge is -2.41. The van der Waals surface area contributed by atoms with Crippen molar-refractivity contribution in [3.8, 4) is 0 Å². The van der Waals surface area contributed by atoms with E-state index in [0.29, 0.717) is 28.7 Å². The lowest BCUT2D eigenvalue weighted by molar-refractivity contribution is 0.0304. The number of hydrogen-bond acceptors (Lipinski definition) is 3. The second-order valence-corrected chi connectivity index (χ2v) is 6.46. The first kappa shape index (κ1) is 16.1. The molecule has 0 aromatic heterocycles. The van der Waals surface area contributed by atoms with Crippen molar-refractivity contribution < 1.29 is 0 Å². The molecule has 1 aromatic carbocycles. The Morgan fingerprint density at radius 3 is 2.55 bits per heavy atom. The van der Waals surface area contributed by atoms with Crippen LogP contribution in [-0.4, -0.2) is 23.6 Å². The van der Waals surface area contributed by atoms with Gasteiger partial charge in [0.2, 0.25) is 0 Å². The van der Waals surface area contributed by atoms with Crippen LogP contribution in [0.2, 0.25) is 10.0 Å². The monoisotopic (exact) mass is 315 g/mol. The number of hydrazine groups is 1. The van der Waals surface area contributed by atoms with Crippen LogP contribution in [0.25, 0.3) is 0 Å². The number of halogens is 2. The molecule has 20 heavy (non-hydrogen) atoms. The zero-order chi connectivity index (χ0) is 14.7. The highest BCUT2D eigenvalue weighted by molar-refractivity contribution is 6.33. The van der Waals surface area contributed by atoms with E-state index in [1.165, 1.54) is 19.3 Å². The molecule has 1 aliphatic heterocycles. The maximum atomic E-state index is 6.29. The molecule has 112 valence electrons. The minimum absolute atomic E-state index is 0.0100. The van der Waals surface area contributed by atoms with Crippen molar-refractivity contribution in [2.45, 2.75) is 51.2 Å². The van der Waals surface area contributed by atoms with Crippen molar-refractivity contribution in [3.05, 3.63) is 33.8 Å². The Kier molecular flexibility index (Phi) is 5.70. The van der Waals surface area contributed by atoms with E-state index < -0.39 is 0 Å². The van der Waals surface area contributed by atoms with Gasteiger partial charge in [0.1, 0.15) is 0 Å². The van der Waals surface area contributed by atoms with Crippen LogP contribution < -0.4 is 11.2 Å². The van der Waals surface area contributed by atoms with Crippen molar-refractivity contribution in [1.29, 1.82) is 0 Å². The van der Waals surface area contributed by atoms with E-state index in [-0.39, 0.29) is 6.04 Å². The van der Waals surface area contributed by atoms with Gasteiger partial charge in [-0.05, 0) is 50.5 Å². The summed E-state index contributed by atoms with van der Waals surface area (Å²) in [4.78, 5) is 0. The predicted molar refractivity (Wildman–Crippen MR) is 86.0 cm³/mol. The third-order valence-corrected chi connectivity index (χ3v) is 4.65. The third-order valence-electron chi connectivity index (χ3n) is 4.07. The van der Waals surface area contributed by atoms with Gasteiger partial charge in [-0.1, -0.05) is 29.6 Å². The van der Waals surface area contributed by atoms with Gasteiger partial charge in [0, 0.05) is 28.7 Å². The number of nitrogens with two attached hydrogens (primary N) is 1. The summed E-state index contributed by atoms with van der Waals surface area (Å²) in [6.07, 6.45) is 3.70. The Labute approximate surface area is 131 Å². The summed E-state index contributed by atoms with van der Waals surface area (Å²) in [5.41, 5.74) is 10.5. The van der Waals surface area contributed by atoms with Crippen LogP contribution in [0.5, 0.6) is 0 Å². The minimum atomic E-state index is -0.0100. The second-order valence-electron chi connectivity index (χ2n) is 5.62. The van der Waals surface area contributed by atoms with Crippen LogP contribution in [0, 0.1) is 0 Å². The average molecular weight is 316 g/mol. The normalized spacial score (nSPS) is 25.6. The van der Waals surface area contributed by atoms with E-state index in [1.807, 2.05) is 12.1 Å². The summed E-state index contributed by atoms with van der Waals surface area (Å²) < 4.78 is 0. The van der Waals surface area contributed by atoms with Crippen LogP contribution in [0.3, 0.4) is 0 Å².